The SMILES string of the molecule is CSCC(=O)N1C[C@H]2C[C@H](C1)c1ccc(-c3cncnc3)c(=O)n1C2. The number of hydrogen-bond acceptors (Lipinski definition) is 5. The minimum absolute atomic E-state index is 0.0193. The monoisotopic (exact) mass is 356 g/mol. The molecule has 0 N–H and O–H groups in total. The average molecular weight is 356 g/mol. The van der Waals surface area contributed by atoms with Gasteiger partial charge >= 0.3 is 0 Å². The average Bonchev–Trinajstić information content (AvgIpc) is 2.63. The van der Waals surface area contributed by atoms with Crippen LogP contribution in [0.5, 0.6) is 0 Å². The number of amides is 1. The number of carbonyl (C=O) groups excluding carboxylic acids is 1. The van der Waals surface area contributed by atoms with Crippen LogP contribution in [0, 0.1) is 5.92 Å². The van der Waals surface area contributed by atoms with Crippen LogP contribution in [0.3, 0.4) is 0 Å². The van der Waals surface area contributed by atoms with Crippen molar-refractivity contribution in [3.8, 4) is 11.1 Å². The van der Waals surface area contributed by atoms with Crippen LogP contribution >= 0.6 is 11.8 Å². The number of fused-ring (bicyclic) bond motifs is 4. The summed E-state index contributed by atoms with van der Waals surface area (Å²) in [6.45, 7) is 2.14. The Morgan fingerprint density at radius 2 is 2.04 bits per heavy atom. The summed E-state index contributed by atoms with van der Waals surface area (Å²) in [5.41, 5.74) is 2.45. The lowest BCUT2D eigenvalue weighted by Gasteiger charge is -2.43. The zero-order chi connectivity index (χ0) is 17.4. The van der Waals surface area contributed by atoms with Gasteiger partial charge in [0.1, 0.15) is 6.33 Å². The minimum Gasteiger partial charge on any atom is -0.341 e. The normalized spacial score (nSPS) is 21.7. The van der Waals surface area contributed by atoms with E-state index in [1.807, 2.05) is 27.9 Å². The summed E-state index contributed by atoms with van der Waals surface area (Å²) >= 11 is 1.56. The highest BCUT2D eigenvalue weighted by molar-refractivity contribution is 7.99. The third-order valence-corrected chi connectivity index (χ3v) is 5.63. The maximum absolute atomic E-state index is 13.0. The number of nitrogens with zero attached hydrogens (tertiary/aromatic N) is 4. The first-order valence-corrected chi connectivity index (χ1v) is 9.82. The van der Waals surface area contributed by atoms with E-state index >= 15 is 0 Å². The minimum atomic E-state index is 0.0193. The molecule has 6 nitrogen and oxygen atoms in total. The van der Waals surface area contributed by atoms with Crippen molar-refractivity contribution in [1.29, 1.82) is 0 Å². The Labute approximate surface area is 150 Å². The van der Waals surface area contributed by atoms with Crippen molar-refractivity contribution in [2.24, 2.45) is 5.92 Å². The van der Waals surface area contributed by atoms with Crippen molar-refractivity contribution in [3.05, 3.63) is 46.9 Å². The standard InChI is InChI=1S/C18H20N4O2S/c1-25-10-17(23)21-7-12-4-13(9-21)16-3-2-15(18(24)22(16)8-12)14-5-19-11-20-6-14/h2-3,5-6,11-13H,4,7-10H2,1H3/t12-,13-/m1/s1. The largest absolute Gasteiger partial charge is 0.341 e. The summed E-state index contributed by atoms with van der Waals surface area (Å²) in [7, 11) is 0. The Kier molecular flexibility index (Phi) is 4.33. The molecule has 4 heterocycles. The van der Waals surface area contributed by atoms with Crippen molar-refractivity contribution in [1.82, 2.24) is 19.4 Å². The molecule has 0 saturated carbocycles. The van der Waals surface area contributed by atoms with Gasteiger partial charge in [0, 0.05) is 49.2 Å². The first-order chi connectivity index (χ1) is 12.2. The maximum Gasteiger partial charge on any atom is 0.258 e. The molecule has 2 bridgehead atoms. The summed E-state index contributed by atoms with van der Waals surface area (Å²) in [5.74, 6) is 1.32. The summed E-state index contributed by atoms with van der Waals surface area (Å²) in [5, 5.41) is 0. The van der Waals surface area contributed by atoms with Crippen LogP contribution in [0.4, 0.5) is 0 Å². The molecule has 4 rings (SSSR count). The Morgan fingerprint density at radius 3 is 2.80 bits per heavy atom. The number of thioether (sulfide) groups is 1. The number of aromatic nitrogens is 3. The molecule has 25 heavy (non-hydrogen) atoms. The van der Waals surface area contributed by atoms with Gasteiger partial charge in [-0.2, -0.15) is 11.8 Å². The predicted molar refractivity (Wildman–Crippen MR) is 97.5 cm³/mol. The van der Waals surface area contributed by atoms with Gasteiger partial charge in [-0.3, -0.25) is 9.59 Å². The highest BCUT2D eigenvalue weighted by Crippen LogP contribution is 2.35. The second kappa shape index (κ2) is 6.63. The van der Waals surface area contributed by atoms with E-state index in [4.69, 9.17) is 0 Å². The Bertz CT molecular complexity index is 852. The first-order valence-electron chi connectivity index (χ1n) is 8.43. The summed E-state index contributed by atoms with van der Waals surface area (Å²) in [6.07, 6.45) is 7.80. The van der Waals surface area contributed by atoms with Crippen LogP contribution in [0.25, 0.3) is 11.1 Å². The number of hydrogen-bond donors (Lipinski definition) is 0. The molecule has 2 aliphatic rings. The van der Waals surface area contributed by atoms with Crippen molar-refractivity contribution in [2.45, 2.75) is 18.9 Å². The molecule has 1 fully saturated rings. The van der Waals surface area contributed by atoms with Gasteiger partial charge in [-0.1, -0.05) is 0 Å². The molecule has 2 aromatic heterocycles. The molecule has 0 spiro atoms. The fourth-order valence-electron chi connectivity index (χ4n) is 4.02. The summed E-state index contributed by atoms with van der Waals surface area (Å²) < 4.78 is 1.90. The molecule has 7 heteroatoms. The molecule has 2 aromatic rings. The van der Waals surface area contributed by atoms with E-state index in [-0.39, 0.29) is 17.4 Å². The Morgan fingerprint density at radius 1 is 1.24 bits per heavy atom. The molecule has 0 aromatic carbocycles. The topological polar surface area (TPSA) is 68.1 Å². The van der Waals surface area contributed by atoms with Gasteiger partial charge in [-0.25, -0.2) is 9.97 Å². The van der Waals surface area contributed by atoms with Crippen LogP contribution in [0.15, 0.2) is 35.6 Å². The van der Waals surface area contributed by atoms with E-state index < -0.39 is 0 Å². The van der Waals surface area contributed by atoms with Crippen LogP contribution in [0.1, 0.15) is 18.0 Å². The second-order valence-electron chi connectivity index (χ2n) is 6.75. The van der Waals surface area contributed by atoms with Gasteiger partial charge < -0.3 is 9.47 Å². The van der Waals surface area contributed by atoms with Crippen LogP contribution in [-0.4, -0.2) is 50.4 Å². The first kappa shape index (κ1) is 16.3. The van der Waals surface area contributed by atoms with Gasteiger partial charge in [0.2, 0.25) is 5.91 Å². The lowest BCUT2D eigenvalue weighted by molar-refractivity contribution is -0.131. The number of likely N-dealkylation sites (tertiary alicyclic amines) is 1. The van der Waals surface area contributed by atoms with Crippen molar-refractivity contribution in [3.63, 3.8) is 0 Å². The third-order valence-electron chi connectivity index (χ3n) is 5.10. The quantitative estimate of drug-likeness (QED) is 0.836. The van der Waals surface area contributed by atoms with Gasteiger partial charge in [0.25, 0.3) is 5.56 Å². The molecule has 0 aliphatic carbocycles. The van der Waals surface area contributed by atoms with E-state index in [9.17, 15) is 9.59 Å². The number of rotatable bonds is 3. The Balaban J connectivity index is 1.68. The fourth-order valence-corrected chi connectivity index (χ4v) is 4.45. The Hall–Kier alpha value is -2.15. The highest BCUT2D eigenvalue weighted by atomic mass is 32.2. The smallest absolute Gasteiger partial charge is 0.258 e. The van der Waals surface area contributed by atoms with E-state index in [1.54, 1.807) is 24.2 Å². The second-order valence-corrected chi connectivity index (χ2v) is 7.61. The zero-order valence-corrected chi connectivity index (χ0v) is 14.9. The van der Waals surface area contributed by atoms with Crippen molar-refractivity contribution in [2.75, 3.05) is 25.1 Å². The predicted octanol–water partition coefficient (Wildman–Crippen LogP) is 1.61. The molecule has 2 atom stereocenters. The van der Waals surface area contributed by atoms with Gasteiger partial charge in [-0.15, -0.1) is 0 Å². The molecule has 1 amide bonds. The van der Waals surface area contributed by atoms with E-state index in [0.29, 0.717) is 30.3 Å². The van der Waals surface area contributed by atoms with E-state index in [2.05, 4.69) is 9.97 Å². The molecule has 2 aliphatic heterocycles. The zero-order valence-electron chi connectivity index (χ0n) is 14.1. The molecule has 0 radical (unpaired) electrons. The lowest BCUT2D eigenvalue weighted by Crippen LogP contribution is -2.49. The van der Waals surface area contributed by atoms with Crippen molar-refractivity contribution >= 4 is 17.7 Å². The van der Waals surface area contributed by atoms with E-state index in [1.165, 1.54) is 6.33 Å². The molecule has 1 saturated heterocycles. The third kappa shape index (κ3) is 2.97. The molecule has 130 valence electrons. The number of carbonyl (C=O) groups is 1. The number of piperidine rings is 1. The number of pyridine rings is 1. The maximum atomic E-state index is 13.0. The van der Waals surface area contributed by atoms with Crippen LogP contribution < -0.4 is 5.56 Å². The molecule has 0 unspecified atom stereocenters. The summed E-state index contributed by atoms with van der Waals surface area (Å²) in [6, 6.07) is 3.91. The van der Waals surface area contributed by atoms with Gasteiger partial charge in [0.15, 0.2) is 0 Å². The van der Waals surface area contributed by atoms with Crippen LogP contribution in [0.2, 0.25) is 0 Å². The van der Waals surface area contributed by atoms with Crippen LogP contribution in [-0.2, 0) is 11.3 Å². The van der Waals surface area contributed by atoms with Crippen molar-refractivity contribution < 1.29 is 4.79 Å². The highest BCUT2D eigenvalue weighted by Gasteiger charge is 2.36. The summed E-state index contributed by atoms with van der Waals surface area (Å²) in [4.78, 5) is 35.3. The fraction of sp³-hybridized carbons (Fsp3) is 0.444. The lowest BCUT2D eigenvalue weighted by atomic mass is 9.83. The molecular formula is C18H20N4O2S. The molecular weight excluding hydrogens is 336 g/mol. The van der Waals surface area contributed by atoms with Gasteiger partial charge in [-0.05, 0) is 30.7 Å². The van der Waals surface area contributed by atoms with E-state index in [0.717, 1.165) is 24.2 Å². The van der Waals surface area contributed by atoms with Gasteiger partial charge in [0.05, 0.1) is 11.3 Å².